The van der Waals surface area contributed by atoms with Gasteiger partial charge in [0, 0.05) is 10.4 Å². The first-order valence-electron chi connectivity index (χ1n) is 7.57. The molecule has 0 atom stereocenters. The van der Waals surface area contributed by atoms with E-state index in [0.717, 1.165) is 26.6 Å². The van der Waals surface area contributed by atoms with Crippen LogP contribution in [-0.4, -0.2) is 17.1 Å². The maximum absolute atomic E-state index is 12.3. The fraction of sp³-hybridized carbons (Fsp3) is 0.105. The van der Waals surface area contributed by atoms with Crippen molar-refractivity contribution < 1.29 is 4.79 Å². The standard InChI is InChI=1S/C19H17N3OS/c1-13-8-6-7-11-16(13)12-20-22-18(23)17-14(2)24-19(21-17)15-9-4-3-5-10-15/h3-12H,1-2H3,(H,22,23)/b20-12-. The van der Waals surface area contributed by atoms with E-state index in [1.165, 1.54) is 11.3 Å². The van der Waals surface area contributed by atoms with E-state index >= 15 is 0 Å². The van der Waals surface area contributed by atoms with Crippen molar-refractivity contribution in [1.29, 1.82) is 0 Å². The molecule has 3 rings (SSSR count). The zero-order valence-corrected chi connectivity index (χ0v) is 14.3. The van der Waals surface area contributed by atoms with Gasteiger partial charge in [0.15, 0.2) is 0 Å². The Bertz CT molecular complexity index is 885. The van der Waals surface area contributed by atoms with Crippen molar-refractivity contribution in [2.75, 3.05) is 0 Å². The minimum atomic E-state index is -0.296. The van der Waals surface area contributed by atoms with E-state index in [2.05, 4.69) is 15.5 Å². The minimum Gasteiger partial charge on any atom is -0.266 e. The first-order chi connectivity index (χ1) is 11.6. The lowest BCUT2D eigenvalue weighted by atomic mass is 10.1. The van der Waals surface area contributed by atoms with E-state index in [9.17, 15) is 4.79 Å². The smallest absolute Gasteiger partial charge is 0.266 e. The Morgan fingerprint density at radius 1 is 1.08 bits per heavy atom. The summed E-state index contributed by atoms with van der Waals surface area (Å²) in [5, 5.41) is 4.88. The van der Waals surface area contributed by atoms with Crippen molar-refractivity contribution in [3.05, 3.63) is 76.3 Å². The molecule has 5 heteroatoms. The second-order valence-electron chi connectivity index (χ2n) is 5.35. The van der Waals surface area contributed by atoms with Gasteiger partial charge in [-0.1, -0.05) is 54.6 Å². The van der Waals surface area contributed by atoms with Crippen LogP contribution in [0.3, 0.4) is 0 Å². The summed E-state index contributed by atoms with van der Waals surface area (Å²) in [6.07, 6.45) is 1.65. The van der Waals surface area contributed by atoms with Crippen LogP contribution in [0.5, 0.6) is 0 Å². The molecule has 1 aromatic heterocycles. The topological polar surface area (TPSA) is 54.4 Å². The van der Waals surface area contributed by atoms with E-state index < -0.39 is 0 Å². The second kappa shape index (κ2) is 7.19. The van der Waals surface area contributed by atoms with Gasteiger partial charge in [-0.3, -0.25) is 4.79 Å². The van der Waals surface area contributed by atoms with Crippen LogP contribution in [0.1, 0.15) is 26.5 Å². The summed E-state index contributed by atoms with van der Waals surface area (Å²) in [4.78, 5) is 17.6. The van der Waals surface area contributed by atoms with Crippen molar-refractivity contribution in [1.82, 2.24) is 10.4 Å². The number of carbonyl (C=O) groups excluding carboxylic acids is 1. The van der Waals surface area contributed by atoms with Gasteiger partial charge in [0.2, 0.25) is 0 Å². The third kappa shape index (κ3) is 3.58. The highest BCUT2D eigenvalue weighted by Crippen LogP contribution is 2.27. The van der Waals surface area contributed by atoms with Gasteiger partial charge in [0.1, 0.15) is 10.7 Å². The maximum Gasteiger partial charge on any atom is 0.291 e. The normalized spacial score (nSPS) is 10.9. The number of aryl methyl sites for hydroxylation is 2. The molecule has 4 nitrogen and oxygen atoms in total. The molecule has 0 saturated heterocycles. The number of rotatable bonds is 4. The van der Waals surface area contributed by atoms with Crippen molar-refractivity contribution in [2.24, 2.45) is 5.10 Å². The van der Waals surface area contributed by atoms with E-state index in [0.29, 0.717) is 5.69 Å². The second-order valence-corrected chi connectivity index (χ2v) is 6.55. The molecule has 1 amide bonds. The van der Waals surface area contributed by atoms with Crippen molar-refractivity contribution in [2.45, 2.75) is 13.8 Å². The lowest BCUT2D eigenvalue weighted by molar-refractivity contribution is 0.0950. The first kappa shape index (κ1) is 16.1. The first-order valence-corrected chi connectivity index (χ1v) is 8.38. The van der Waals surface area contributed by atoms with Crippen LogP contribution >= 0.6 is 11.3 Å². The Balaban J connectivity index is 1.74. The summed E-state index contributed by atoms with van der Waals surface area (Å²) >= 11 is 1.50. The van der Waals surface area contributed by atoms with Crippen LogP contribution in [0.25, 0.3) is 10.6 Å². The average molecular weight is 335 g/mol. The number of hydrazone groups is 1. The Labute approximate surface area is 144 Å². The molecule has 0 unspecified atom stereocenters. The molecule has 0 aliphatic heterocycles. The van der Waals surface area contributed by atoms with Gasteiger partial charge in [0.05, 0.1) is 6.21 Å². The van der Waals surface area contributed by atoms with Crippen LogP contribution in [0.15, 0.2) is 59.7 Å². The number of benzene rings is 2. The lowest BCUT2D eigenvalue weighted by Gasteiger charge is -1.99. The predicted octanol–water partition coefficient (Wildman–Crippen LogP) is 4.19. The average Bonchev–Trinajstić information content (AvgIpc) is 2.99. The molecule has 0 spiro atoms. The maximum atomic E-state index is 12.3. The van der Waals surface area contributed by atoms with E-state index in [1.54, 1.807) is 6.21 Å². The molecule has 0 bridgehead atoms. The fourth-order valence-corrected chi connectivity index (χ4v) is 3.17. The number of aromatic nitrogens is 1. The van der Waals surface area contributed by atoms with Crippen LogP contribution in [0.4, 0.5) is 0 Å². The third-order valence-corrected chi connectivity index (χ3v) is 4.61. The van der Waals surface area contributed by atoms with E-state index in [-0.39, 0.29) is 5.91 Å². The molecule has 0 fully saturated rings. The Morgan fingerprint density at radius 3 is 2.54 bits per heavy atom. The molecule has 3 aromatic rings. The van der Waals surface area contributed by atoms with E-state index in [1.807, 2.05) is 68.4 Å². The van der Waals surface area contributed by atoms with Gasteiger partial charge in [-0.05, 0) is 25.0 Å². The van der Waals surface area contributed by atoms with Gasteiger partial charge in [0.25, 0.3) is 5.91 Å². The number of thiazole rings is 1. The SMILES string of the molecule is Cc1ccccc1/C=N\NC(=O)c1nc(-c2ccccc2)sc1C. The quantitative estimate of drug-likeness (QED) is 0.574. The largest absolute Gasteiger partial charge is 0.291 e. The van der Waals surface area contributed by atoms with E-state index in [4.69, 9.17) is 0 Å². The summed E-state index contributed by atoms with van der Waals surface area (Å²) < 4.78 is 0. The van der Waals surface area contributed by atoms with Crippen LogP contribution in [0.2, 0.25) is 0 Å². The molecule has 120 valence electrons. The summed E-state index contributed by atoms with van der Waals surface area (Å²) in [5.41, 5.74) is 6.05. The molecule has 0 aliphatic rings. The van der Waals surface area contributed by atoms with Gasteiger partial charge in [-0.15, -0.1) is 11.3 Å². The van der Waals surface area contributed by atoms with Gasteiger partial charge in [-0.25, -0.2) is 10.4 Å². The van der Waals surface area contributed by atoms with Crippen molar-refractivity contribution in [3.8, 4) is 10.6 Å². The molecule has 0 aliphatic carbocycles. The molecular weight excluding hydrogens is 318 g/mol. The molecular formula is C19H17N3OS. The fourth-order valence-electron chi connectivity index (χ4n) is 2.26. The Hall–Kier alpha value is -2.79. The van der Waals surface area contributed by atoms with Crippen LogP contribution in [0, 0.1) is 13.8 Å². The number of carbonyl (C=O) groups is 1. The molecule has 0 saturated carbocycles. The molecule has 1 N–H and O–H groups in total. The number of hydrogen-bond acceptors (Lipinski definition) is 4. The minimum absolute atomic E-state index is 0.296. The monoisotopic (exact) mass is 335 g/mol. The summed E-state index contributed by atoms with van der Waals surface area (Å²) in [6.45, 7) is 3.89. The number of nitrogens with one attached hydrogen (secondary N) is 1. The Kier molecular flexibility index (Phi) is 4.82. The zero-order chi connectivity index (χ0) is 16.9. The molecule has 0 radical (unpaired) electrons. The number of amides is 1. The Morgan fingerprint density at radius 2 is 1.79 bits per heavy atom. The van der Waals surface area contributed by atoms with Gasteiger partial charge < -0.3 is 0 Å². The number of hydrogen-bond donors (Lipinski definition) is 1. The third-order valence-electron chi connectivity index (χ3n) is 3.59. The molecule has 2 aromatic carbocycles. The zero-order valence-electron chi connectivity index (χ0n) is 13.5. The predicted molar refractivity (Wildman–Crippen MR) is 98.5 cm³/mol. The number of nitrogens with zero attached hydrogens (tertiary/aromatic N) is 2. The molecule has 1 heterocycles. The highest BCUT2D eigenvalue weighted by molar-refractivity contribution is 7.15. The van der Waals surface area contributed by atoms with Crippen molar-refractivity contribution in [3.63, 3.8) is 0 Å². The van der Waals surface area contributed by atoms with Gasteiger partial charge >= 0.3 is 0 Å². The van der Waals surface area contributed by atoms with Crippen molar-refractivity contribution >= 4 is 23.5 Å². The summed E-state index contributed by atoms with van der Waals surface area (Å²) in [6, 6.07) is 17.7. The highest BCUT2D eigenvalue weighted by Gasteiger charge is 2.15. The summed E-state index contributed by atoms with van der Waals surface area (Å²) in [5.74, 6) is -0.296. The summed E-state index contributed by atoms with van der Waals surface area (Å²) in [7, 11) is 0. The van der Waals surface area contributed by atoms with Gasteiger partial charge in [-0.2, -0.15) is 5.10 Å². The van der Waals surface area contributed by atoms with Crippen LogP contribution in [-0.2, 0) is 0 Å². The highest BCUT2D eigenvalue weighted by atomic mass is 32.1. The van der Waals surface area contributed by atoms with Crippen LogP contribution < -0.4 is 5.43 Å². The lowest BCUT2D eigenvalue weighted by Crippen LogP contribution is -2.19. The molecule has 24 heavy (non-hydrogen) atoms.